The highest BCUT2D eigenvalue weighted by atomic mass is 35.5. The first-order valence-corrected chi connectivity index (χ1v) is 7.05. The Balaban J connectivity index is 2.82. The maximum absolute atomic E-state index is 11.6. The van der Waals surface area contributed by atoms with E-state index in [2.05, 4.69) is 24.3 Å². The van der Waals surface area contributed by atoms with Crippen molar-refractivity contribution in [1.82, 2.24) is 15.1 Å². The summed E-state index contributed by atoms with van der Waals surface area (Å²) in [5.41, 5.74) is 1.54. The van der Waals surface area contributed by atoms with Crippen molar-refractivity contribution < 1.29 is 9.90 Å². The summed E-state index contributed by atoms with van der Waals surface area (Å²) in [6.07, 6.45) is 3.06. The molecule has 1 aromatic heterocycles. The van der Waals surface area contributed by atoms with Crippen LogP contribution in [0.2, 0.25) is 5.15 Å². The van der Waals surface area contributed by atoms with Crippen molar-refractivity contribution in [3.05, 3.63) is 22.5 Å². The summed E-state index contributed by atoms with van der Waals surface area (Å²) in [5.74, 6) is 0.177. The molecule has 1 unspecified atom stereocenters. The van der Waals surface area contributed by atoms with Crippen LogP contribution in [0.5, 0.6) is 0 Å². The Labute approximate surface area is 124 Å². The Morgan fingerprint density at radius 1 is 1.50 bits per heavy atom. The minimum atomic E-state index is -0.271. The molecule has 1 rings (SSSR count). The lowest BCUT2D eigenvalue weighted by molar-refractivity contribution is -0.117. The third-order valence-corrected chi connectivity index (χ3v) is 3.11. The molecule has 0 aromatic carbocycles. The number of carbonyl (C=O) groups excluding carboxylic acids is 1. The molecule has 5 nitrogen and oxygen atoms in total. The fraction of sp³-hybridized carbons (Fsp3) is 0.571. The van der Waals surface area contributed by atoms with Crippen molar-refractivity contribution in [3.8, 4) is 0 Å². The van der Waals surface area contributed by atoms with E-state index in [0.29, 0.717) is 11.1 Å². The van der Waals surface area contributed by atoms with Crippen molar-refractivity contribution in [3.63, 3.8) is 0 Å². The molecule has 1 heterocycles. The van der Waals surface area contributed by atoms with E-state index in [0.717, 1.165) is 17.8 Å². The van der Waals surface area contributed by atoms with Crippen LogP contribution in [-0.2, 0) is 11.3 Å². The fourth-order valence-electron chi connectivity index (χ4n) is 1.72. The lowest BCUT2D eigenvalue weighted by atomic mass is 10.2. The number of halogens is 1. The van der Waals surface area contributed by atoms with Gasteiger partial charge < -0.3 is 10.4 Å². The lowest BCUT2D eigenvalue weighted by Gasteiger charge is -2.07. The highest BCUT2D eigenvalue weighted by Gasteiger charge is 2.12. The molecule has 1 aromatic rings. The van der Waals surface area contributed by atoms with Crippen molar-refractivity contribution in [2.45, 2.75) is 40.3 Å². The van der Waals surface area contributed by atoms with Crippen LogP contribution in [0.4, 0.5) is 0 Å². The van der Waals surface area contributed by atoms with Crippen LogP contribution in [-0.4, -0.2) is 33.4 Å². The van der Waals surface area contributed by atoms with Gasteiger partial charge in [0, 0.05) is 24.2 Å². The van der Waals surface area contributed by atoms with E-state index >= 15 is 0 Å². The average Bonchev–Trinajstić information content (AvgIpc) is 2.61. The third kappa shape index (κ3) is 4.65. The number of aliphatic hydroxyl groups excluding tert-OH is 1. The summed E-state index contributed by atoms with van der Waals surface area (Å²) >= 11 is 6.27. The van der Waals surface area contributed by atoms with Crippen LogP contribution in [0.25, 0.3) is 6.08 Å². The van der Waals surface area contributed by atoms with Crippen LogP contribution in [0.3, 0.4) is 0 Å². The lowest BCUT2D eigenvalue weighted by Crippen LogP contribution is -2.33. The number of hydrogen-bond donors (Lipinski definition) is 2. The number of nitrogens with one attached hydrogen (secondary N) is 1. The van der Waals surface area contributed by atoms with Gasteiger partial charge >= 0.3 is 0 Å². The number of rotatable bonds is 6. The van der Waals surface area contributed by atoms with E-state index < -0.39 is 0 Å². The summed E-state index contributed by atoms with van der Waals surface area (Å²) in [6.45, 7) is 8.41. The van der Waals surface area contributed by atoms with E-state index in [1.54, 1.807) is 17.7 Å². The highest BCUT2D eigenvalue weighted by molar-refractivity contribution is 6.31. The Hall–Kier alpha value is -1.33. The molecule has 0 bridgehead atoms. The average molecular weight is 300 g/mol. The molecule has 0 aliphatic rings. The van der Waals surface area contributed by atoms with Crippen LogP contribution in [0, 0.1) is 12.8 Å². The van der Waals surface area contributed by atoms with E-state index in [-0.39, 0.29) is 18.6 Å². The first-order chi connectivity index (χ1) is 9.35. The summed E-state index contributed by atoms with van der Waals surface area (Å²) in [4.78, 5) is 11.6. The molecule has 20 heavy (non-hydrogen) atoms. The molecule has 6 heteroatoms. The molecule has 0 radical (unpaired) electrons. The number of amides is 1. The molecule has 0 fully saturated rings. The maximum atomic E-state index is 11.6. The molecule has 0 aliphatic carbocycles. The minimum absolute atomic E-state index is 0.0916. The van der Waals surface area contributed by atoms with Gasteiger partial charge in [-0.2, -0.15) is 5.10 Å². The molecule has 112 valence electrons. The number of hydrogen-bond acceptors (Lipinski definition) is 3. The van der Waals surface area contributed by atoms with E-state index in [9.17, 15) is 4.79 Å². The molecule has 0 aliphatic heterocycles. The standard InChI is InChI=1S/C14H22ClN3O2/c1-9(2)7-18-14(15)12(11(4)17-18)5-6-13(20)16-10(3)8-19/h5-6,9-10,19H,7-8H2,1-4H3,(H,16,20)/b6-5+. The Bertz CT molecular complexity index is 495. The molecule has 0 spiro atoms. The van der Waals surface area contributed by atoms with Crippen LogP contribution >= 0.6 is 11.6 Å². The number of aromatic nitrogens is 2. The monoisotopic (exact) mass is 299 g/mol. The second-order valence-corrected chi connectivity index (χ2v) is 5.65. The van der Waals surface area contributed by atoms with Gasteiger partial charge in [0.1, 0.15) is 5.15 Å². The van der Waals surface area contributed by atoms with Crippen molar-refractivity contribution in [2.24, 2.45) is 5.92 Å². The van der Waals surface area contributed by atoms with Gasteiger partial charge in [-0.05, 0) is 25.8 Å². The van der Waals surface area contributed by atoms with Crippen molar-refractivity contribution >= 4 is 23.6 Å². The molecule has 0 saturated heterocycles. The van der Waals surface area contributed by atoms with Gasteiger partial charge in [-0.25, -0.2) is 0 Å². The maximum Gasteiger partial charge on any atom is 0.244 e. The third-order valence-electron chi connectivity index (χ3n) is 2.71. The smallest absolute Gasteiger partial charge is 0.244 e. The Kier molecular flexibility index (Phi) is 6.23. The summed E-state index contributed by atoms with van der Waals surface area (Å²) in [7, 11) is 0. The quantitative estimate of drug-likeness (QED) is 0.790. The normalized spacial score (nSPS) is 13.2. The topological polar surface area (TPSA) is 67.2 Å². The van der Waals surface area contributed by atoms with Crippen LogP contribution in [0.1, 0.15) is 32.0 Å². The minimum Gasteiger partial charge on any atom is -0.394 e. The number of aliphatic hydroxyl groups is 1. The Morgan fingerprint density at radius 3 is 2.70 bits per heavy atom. The van der Waals surface area contributed by atoms with E-state index in [4.69, 9.17) is 16.7 Å². The van der Waals surface area contributed by atoms with Gasteiger partial charge in [0.2, 0.25) is 5.91 Å². The predicted molar refractivity (Wildman–Crippen MR) is 80.5 cm³/mol. The molecule has 1 atom stereocenters. The highest BCUT2D eigenvalue weighted by Crippen LogP contribution is 2.22. The first-order valence-electron chi connectivity index (χ1n) is 6.67. The van der Waals surface area contributed by atoms with Gasteiger partial charge in [0.25, 0.3) is 0 Å². The van der Waals surface area contributed by atoms with Crippen molar-refractivity contribution in [2.75, 3.05) is 6.61 Å². The Morgan fingerprint density at radius 2 is 2.15 bits per heavy atom. The van der Waals surface area contributed by atoms with Crippen LogP contribution < -0.4 is 5.32 Å². The van der Waals surface area contributed by atoms with E-state index in [1.807, 2.05) is 6.92 Å². The van der Waals surface area contributed by atoms with Gasteiger partial charge in [-0.1, -0.05) is 25.4 Å². The fourth-order valence-corrected chi connectivity index (χ4v) is 2.03. The second kappa shape index (κ2) is 7.45. The number of aryl methyl sites for hydroxylation is 1. The second-order valence-electron chi connectivity index (χ2n) is 5.29. The molecule has 0 saturated carbocycles. The van der Waals surface area contributed by atoms with Gasteiger partial charge in [-0.15, -0.1) is 0 Å². The molecule has 2 N–H and O–H groups in total. The van der Waals surface area contributed by atoms with E-state index in [1.165, 1.54) is 6.08 Å². The SMILES string of the molecule is Cc1nn(CC(C)C)c(Cl)c1/C=C/C(=O)NC(C)CO. The molecular weight excluding hydrogens is 278 g/mol. The zero-order chi connectivity index (χ0) is 15.3. The largest absolute Gasteiger partial charge is 0.394 e. The molecular formula is C14H22ClN3O2. The predicted octanol–water partition coefficient (Wildman–Crippen LogP) is 2.01. The summed E-state index contributed by atoms with van der Waals surface area (Å²) in [5, 5.41) is 16.4. The van der Waals surface area contributed by atoms with Crippen molar-refractivity contribution in [1.29, 1.82) is 0 Å². The summed E-state index contributed by atoms with van der Waals surface area (Å²) < 4.78 is 1.75. The zero-order valence-corrected chi connectivity index (χ0v) is 13.1. The van der Waals surface area contributed by atoms with Crippen LogP contribution in [0.15, 0.2) is 6.08 Å². The first kappa shape index (κ1) is 16.7. The van der Waals surface area contributed by atoms with Gasteiger partial charge in [0.15, 0.2) is 0 Å². The van der Waals surface area contributed by atoms with Gasteiger partial charge in [0.05, 0.1) is 12.3 Å². The van der Waals surface area contributed by atoms with Gasteiger partial charge in [-0.3, -0.25) is 9.48 Å². The number of carbonyl (C=O) groups is 1. The molecule has 1 amide bonds. The number of nitrogens with zero attached hydrogens (tertiary/aromatic N) is 2. The zero-order valence-electron chi connectivity index (χ0n) is 12.4. The summed E-state index contributed by atoms with van der Waals surface area (Å²) in [6, 6.07) is -0.271.